The SMILES string of the molecule is Cc1ccncc1-c1noc(C2CC2)c1C1=CC2(CCN(c3nc4c(F)cc(C(=O)O)cc4s3)CC2)C1. The largest absolute Gasteiger partial charge is 0.478 e. The molecule has 9 heteroatoms. The molecule has 1 N–H and O–H groups in total. The minimum Gasteiger partial charge on any atom is -0.478 e. The lowest BCUT2D eigenvalue weighted by atomic mass is 9.63. The maximum absolute atomic E-state index is 14.5. The molecule has 1 aromatic carbocycles. The summed E-state index contributed by atoms with van der Waals surface area (Å²) in [5.41, 5.74) is 5.89. The molecule has 0 unspecified atom stereocenters. The predicted molar refractivity (Wildman–Crippen MR) is 139 cm³/mol. The molecule has 2 fully saturated rings. The number of fused-ring (bicyclic) bond motifs is 1. The summed E-state index contributed by atoms with van der Waals surface area (Å²) in [6, 6.07) is 4.56. The Bertz CT molecular complexity index is 1590. The van der Waals surface area contributed by atoms with Gasteiger partial charge in [-0.1, -0.05) is 22.6 Å². The molecule has 37 heavy (non-hydrogen) atoms. The predicted octanol–water partition coefficient (Wildman–Crippen LogP) is 6.44. The summed E-state index contributed by atoms with van der Waals surface area (Å²) in [6.45, 7) is 3.73. The topological polar surface area (TPSA) is 92.4 Å². The van der Waals surface area contributed by atoms with Gasteiger partial charge in [-0.15, -0.1) is 0 Å². The maximum Gasteiger partial charge on any atom is 0.335 e. The smallest absolute Gasteiger partial charge is 0.335 e. The van der Waals surface area contributed by atoms with Crippen molar-refractivity contribution in [1.29, 1.82) is 0 Å². The summed E-state index contributed by atoms with van der Waals surface area (Å²) in [7, 11) is 0. The number of pyridine rings is 1. The molecular formula is C28H25FN4O3S. The number of carbonyl (C=O) groups is 1. The number of benzene rings is 1. The molecule has 2 aliphatic carbocycles. The molecule has 1 saturated carbocycles. The molecule has 3 aromatic heterocycles. The van der Waals surface area contributed by atoms with Crippen LogP contribution >= 0.6 is 11.3 Å². The Balaban J connectivity index is 1.13. The minimum atomic E-state index is -1.14. The van der Waals surface area contributed by atoms with Crippen LogP contribution in [0.4, 0.5) is 9.52 Å². The third-order valence-electron chi connectivity index (χ3n) is 8.02. The number of hydrogen-bond acceptors (Lipinski definition) is 7. The van der Waals surface area contributed by atoms with E-state index in [1.807, 2.05) is 12.3 Å². The van der Waals surface area contributed by atoms with Crippen molar-refractivity contribution in [2.24, 2.45) is 5.41 Å². The number of rotatable bonds is 5. The number of allylic oxidation sites excluding steroid dienone is 2. The first-order valence-electron chi connectivity index (χ1n) is 12.6. The van der Waals surface area contributed by atoms with Crippen LogP contribution < -0.4 is 4.90 Å². The van der Waals surface area contributed by atoms with Gasteiger partial charge in [-0.2, -0.15) is 0 Å². The van der Waals surface area contributed by atoms with E-state index < -0.39 is 11.8 Å². The highest BCUT2D eigenvalue weighted by Gasteiger charge is 2.44. The van der Waals surface area contributed by atoms with Gasteiger partial charge in [0.05, 0.1) is 10.3 Å². The first kappa shape index (κ1) is 22.6. The van der Waals surface area contributed by atoms with Crippen LogP contribution in [0.15, 0.2) is 41.2 Å². The summed E-state index contributed by atoms with van der Waals surface area (Å²) < 4.78 is 20.9. The van der Waals surface area contributed by atoms with Gasteiger partial charge in [0.25, 0.3) is 0 Å². The van der Waals surface area contributed by atoms with Gasteiger partial charge in [0.2, 0.25) is 0 Å². The lowest BCUT2D eigenvalue weighted by molar-refractivity contribution is 0.0696. The standard InChI is InChI=1S/C28H25FN4O3S/c1-15-4-7-30-14-19(15)23-22(25(36-32-23)16-2-3-16)18-12-28(13-18)5-8-33(9-6-28)27-31-24-20(29)10-17(26(34)35)11-21(24)37-27/h4,7,10-12,14,16H,2-3,5-6,8-9,13H2,1H3,(H,34,35). The average Bonchev–Trinajstić information content (AvgIpc) is 3.47. The van der Waals surface area contributed by atoms with E-state index in [-0.39, 0.29) is 16.5 Å². The van der Waals surface area contributed by atoms with Gasteiger partial charge in [0.1, 0.15) is 17.0 Å². The van der Waals surface area contributed by atoms with Gasteiger partial charge in [-0.25, -0.2) is 14.2 Å². The van der Waals surface area contributed by atoms with Crippen molar-refractivity contribution in [3.63, 3.8) is 0 Å². The van der Waals surface area contributed by atoms with Crippen molar-refractivity contribution in [2.45, 2.75) is 44.9 Å². The number of aryl methyl sites for hydroxylation is 1. The van der Waals surface area contributed by atoms with Crippen LogP contribution in [-0.2, 0) is 0 Å². The number of aromatic carboxylic acids is 1. The van der Waals surface area contributed by atoms with Gasteiger partial charge >= 0.3 is 5.97 Å². The number of carboxylic acids is 1. The number of thiazole rings is 1. The molecule has 3 aliphatic rings. The highest BCUT2D eigenvalue weighted by atomic mass is 32.1. The molecule has 1 aliphatic heterocycles. The molecule has 0 amide bonds. The molecule has 188 valence electrons. The maximum atomic E-state index is 14.5. The van der Waals surface area contributed by atoms with E-state index in [1.165, 1.54) is 28.5 Å². The van der Waals surface area contributed by atoms with Crippen molar-refractivity contribution >= 4 is 38.2 Å². The number of halogens is 1. The zero-order valence-corrected chi connectivity index (χ0v) is 21.1. The van der Waals surface area contributed by atoms with Crippen LogP contribution in [0, 0.1) is 18.2 Å². The van der Waals surface area contributed by atoms with Gasteiger partial charge < -0.3 is 14.5 Å². The first-order valence-corrected chi connectivity index (χ1v) is 13.4. The average molecular weight is 517 g/mol. The van der Waals surface area contributed by atoms with E-state index in [0.29, 0.717) is 10.6 Å². The molecule has 0 radical (unpaired) electrons. The van der Waals surface area contributed by atoms with Crippen molar-refractivity contribution in [3.05, 3.63) is 64.9 Å². The summed E-state index contributed by atoms with van der Waals surface area (Å²) in [6.07, 6.45) is 11.4. The monoisotopic (exact) mass is 516 g/mol. The Morgan fingerprint density at radius 3 is 2.76 bits per heavy atom. The fourth-order valence-electron chi connectivity index (χ4n) is 5.71. The van der Waals surface area contributed by atoms with E-state index in [0.717, 1.165) is 79.0 Å². The van der Waals surface area contributed by atoms with Crippen molar-refractivity contribution in [2.75, 3.05) is 18.0 Å². The minimum absolute atomic E-state index is 0.0508. The van der Waals surface area contributed by atoms with Crippen molar-refractivity contribution in [1.82, 2.24) is 15.1 Å². The Hall–Kier alpha value is -3.59. The summed E-state index contributed by atoms with van der Waals surface area (Å²) >= 11 is 1.36. The molecule has 7 nitrogen and oxygen atoms in total. The van der Waals surface area contributed by atoms with E-state index in [4.69, 9.17) is 4.52 Å². The third kappa shape index (κ3) is 3.75. The Kier molecular flexibility index (Phi) is 5.01. The summed E-state index contributed by atoms with van der Waals surface area (Å²) in [5.74, 6) is -0.234. The molecule has 0 bridgehead atoms. The van der Waals surface area contributed by atoms with Crippen molar-refractivity contribution < 1.29 is 18.8 Å². The normalized spacial score (nSPS) is 18.8. The number of anilines is 1. The van der Waals surface area contributed by atoms with Gasteiger partial charge in [-0.05, 0) is 73.8 Å². The van der Waals surface area contributed by atoms with E-state index in [9.17, 15) is 14.3 Å². The van der Waals surface area contributed by atoms with E-state index in [1.54, 1.807) is 6.20 Å². The van der Waals surface area contributed by atoms with Crippen LogP contribution in [0.3, 0.4) is 0 Å². The lowest BCUT2D eigenvalue weighted by Crippen LogP contribution is -2.42. The molecule has 4 aromatic rings. The van der Waals surface area contributed by atoms with Crippen LogP contribution in [0.1, 0.15) is 65.3 Å². The number of nitrogens with zero attached hydrogens (tertiary/aromatic N) is 4. The molecule has 1 spiro atoms. The van der Waals surface area contributed by atoms with Crippen LogP contribution in [0.2, 0.25) is 0 Å². The second kappa shape index (κ2) is 8.21. The zero-order valence-electron chi connectivity index (χ0n) is 20.3. The van der Waals surface area contributed by atoms with E-state index in [2.05, 4.69) is 33.0 Å². The number of carboxylic acid groups (broad SMARTS) is 1. The lowest BCUT2D eigenvalue weighted by Gasteiger charge is -2.46. The highest BCUT2D eigenvalue weighted by Crippen LogP contribution is 2.56. The zero-order chi connectivity index (χ0) is 25.3. The van der Waals surface area contributed by atoms with Gasteiger partial charge in [0, 0.05) is 42.5 Å². The summed E-state index contributed by atoms with van der Waals surface area (Å²) in [4.78, 5) is 22.3. The fourth-order valence-corrected chi connectivity index (χ4v) is 6.78. The van der Waals surface area contributed by atoms with E-state index >= 15 is 0 Å². The second-order valence-corrected chi connectivity index (χ2v) is 11.5. The quantitative estimate of drug-likeness (QED) is 0.326. The van der Waals surface area contributed by atoms with Gasteiger partial charge in [0.15, 0.2) is 10.9 Å². The first-order chi connectivity index (χ1) is 17.9. The molecular weight excluding hydrogens is 491 g/mol. The van der Waals surface area contributed by atoms with Crippen molar-refractivity contribution in [3.8, 4) is 11.3 Å². The van der Waals surface area contributed by atoms with Gasteiger partial charge in [-0.3, -0.25) is 4.98 Å². The van der Waals surface area contributed by atoms with Crippen LogP contribution in [-0.4, -0.2) is 39.3 Å². The molecule has 1 saturated heterocycles. The van der Waals surface area contributed by atoms with Crippen LogP contribution in [0.25, 0.3) is 27.0 Å². The summed E-state index contributed by atoms with van der Waals surface area (Å²) in [5, 5.41) is 14.5. The fraction of sp³-hybridized carbons (Fsp3) is 0.357. The highest BCUT2D eigenvalue weighted by molar-refractivity contribution is 7.22. The Morgan fingerprint density at radius 2 is 2.05 bits per heavy atom. The molecule has 0 atom stereocenters. The number of piperidine rings is 1. The Labute approximate surface area is 216 Å². The second-order valence-electron chi connectivity index (χ2n) is 10.5. The molecule has 7 rings (SSSR count). The van der Waals surface area contributed by atoms with Crippen LogP contribution in [0.5, 0.6) is 0 Å². The number of aromatic nitrogens is 3. The third-order valence-corrected chi connectivity index (χ3v) is 9.08. The molecule has 4 heterocycles. The Morgan fingerprint density at radius 1 is 1.27 bits per heavy atom. The number of hydrogen-bond donors (Lipinski definition) is 1.